The van der Waals surface area contributed by atoms with Crippen LogP contribution in [-0.2, 0) is 0 Å². The van der Waals surface area contributed by atoms with Crippen LogP contribution in [0.1, 0.15) is 26.3 Å². The third-order valence-corrected chi connectivity index (χ3v) is 2.64. The minimum Gasteiger partial charge on any atom is -0.361 e. The molecule has 0 N–H and O–H groups in total. The Hall–Kier alpha value is -2.84. The molecule has 92 valence electrons. The van der Waals surface area contributed by atoms with Crippen LogP contribution in [0.2, 0.25) is 0 Å². The molecule has 2 rings (SSSR count). The summed E-state index contributed by atoms with van der Waals surface area (Å²) in [5.74, 6) is -0.517. The average Bonchev–Trinajstić information content (AvgIpc) is 2.48. The number of carbonyl (C=O) groups is 2. The van der Waals surface area contributed by atoms with E-state index in [1.165, 1.54) is 12.1 Å². The van der Waals surface area contributed by atoms with Crippen LogP contribution in [0.3, 0.4) is 0 Å². The second-order valence-electron chi connectivity index (χ2n) is 3.88. The Balaban J connectivity index is 2.26. The standard InChI is InChI=1S/C15H10N2O2/c16-17-10-14(18)11-6-8-13(9-7-11)15(19)12-4-2-1-3-5-12/h1-10H. The molecule has 0 aromatic heterocycles. The topological polar surface area (TPSA) is 70.5 Å². The molecule has 0 amide bonds. The Morgan fingerprint density at radius 3 is 1.95 bits per heavy atom. The van der Waals surface area contributed by atoms with Gasteiger partial charge in [-0.2, -0.15) is 4.79 Å². The summed E-state index contributed by atoms with van der Waals surface area (Å²) in [6, 6.07) is 15.1. The van der Waals surface area contributed by atoms with E-state index in [0.717, 1.165) is 6.21 Å². The first kappa shape index (κ1) is 12.6. The molecule has 4 heteroatoms. The first-order valence-electron chi connectivity index (χ1n) is 5.64. The van der Waals surface area contributed by atoms with E-state index in [2.05, 4.69) is 4.79 Å². The van der Waals surface area contributed by atoms with Gasteiger partial charge in [-0.25, -0.2) is 0 Å². The van der Waals surface area contributed by atoms with Crippen molar-refractivity contribution in [2.75, 3.05) is 0 Å². The van der Waals surface area contributed by atoms with E-state index < -0.39 is 5.78 Å². The van der Waals surface area contributed by atoms with E-state index >= 15 is 0 Å². The minimum absolute atomic E-state index is 0.101. The van der Waals surface area contributed by atoms with Crippen LogP contribution in [0, 0.1) is 0 Å². The van der Waals surface area contributed by atoms with Gasteiger partial charge in [-0.05, 0) is 0 Å². The molecule has 0 saturated heterocycles. The van der Waals surface area contributed by atoms with Crippen LogP contribution in [0.4, 0.5) is 0 Å². The van der Waals surface area contributed by atoms with Gasteiger partial charge in [0.15, 0.2) is 5.78 Å². The molecule has 0 aliphatic carbocycles. The van der Waals surface area contributed by atoms with Crippen LogP contribution >= 0.6 is 0 Å². The van der Waals surface area contributed by atoms with E-state index in [-0.39, 0.29) is 5.78 Å². The van der Waals surface area contributed by atoms with Gasteiger partial charge in [-0.15, -0.1) is 0 Å². The van der Waals surface area contributed by atoms with E-state index in [9.17, 15) is 9.59 Å². The summed E-state index contributed by atoms with van der Waals surface area (Å²) in [6.07, 6.45) is 0.814. The molecule has 0 radical (unpaired) electrons. The first-order chi connectivity index (χ1) is 9.22. The maximum absolute atomic E-state index is 12.1. The molecule has 0 bridgehead atoms. The number of rotatable bonds is 4. The Morgan fingerprint density at radius 1 is 0.842 bits per heavy atom. The molecule has 0 fully saturated rings. The normalized spacial score (nSPS) is 9.47. The summed E-state index contributed by atoms with van der Waals surface area (Å²) in [4.78, 5) is 26.2. The Labute approximate surface area is 109 Å². The second kappa shape index (κ2) is 5.67. The van der Waals surface area contributed by atoms with Gasteiger partial charge in [0.25, 0.3) is 5.78 Å². The molecule has 0 atom stereocenters. The summed E-state index contributed by atoms with van der Waals surface area (Å²) in [7, 11) is 0. The van der Waals surface area contributed by atoms with E-state index in [1.54, 1.807) is 36.4 Å². The lowest BCUT2D eigenvalue weighted by Gasteiger charge is -2.01. The molecule has 0 aliphatic rings. The number of benzene rings is 2. The molecule has 2 aromatic carbocycles. The van der Waals surface area contributed by atoms with Gasteiger partial charge in [-0.1, -0.05) is 54.6 Å². The predicted octanol–water partition coefficient (Wildman–Crippen LogP) is 2.40. The lowest BCUT2D eigenvalue weighted by atomic mass is 10.0. The number of hydrogen-bond acceptors (Lipinski definition) is 2. The van der Waals surface area contributed by atoms with Crippen LogP contribution in [0.25, 0.3) is 5.53 Å². The van der Waals surface area contributed by atoms with Crippen molar-refractivity contribution in [1.82, 2.24) is 0 Å². The first-order valence-corrected chi connectivity index (χ1v) is 5.64. The summed E-state index contributed by atoms with van der Waals surface area (Å²) in [5, 5.41) is 0. The third kappa shape index (κ3) is 2.89. The van der Waals surface area contributed by atoms with Crippen LogP contribution in [0.15, 0.2) is 54.6 Å². The molecule has 0 saturated carbocycles. The molecule has 0 aliphatic heterocycles. The zero-order chi connectivity index (χ0) is 13.7. The van der Waals surface area contributed by atoms with Crippen molar-refractivity contribution in [3.8, 4) is 0 Å². The SMILES string of the molecule is [N-]=[N+]=CC(=O)c1ccc(C(=O)c2ccccc2)cc1. The fourth-order valence-electron chi connectivity index (χ4n) is 1.67. The van der Waals surface area contributed by atoms with Crippen LogP contribution in [0.5, 0.6) is 0 Å². The number of Topliss-reactive ketones (excluding diaryl/α,β-unsaturated/α-hetero) is 1. The van der Waals surface area contributed by atoms with Gasteiger partial charge in [0.1, 0.15) is 0 Å². The highest BCUT2D eigenvalue weighted by molar-refractivity contribution is 6.33. The van der Waals surface area contributed by atoms with Crippen molar-refractivity contribution in [1.29, 1.82) is 0 Å². The van der Waals surface area contributed by atoms with Crippen molar-refractivity contribution >= 4 is 17.8 Å². The number of ketones is 2. The lowest BCUT2D eigenvalue weighted by molar-refractivity contribution is 0.00235. The lowest BCUT2D eigenvalue weighted by Crippen LogP contribution is -2.04. The molecule has 4 nitrogen and oxygen atoms in total. The zero-order valence-corrected chi connectivity index (χ0v) is 9.98. The molecular formula is C15H10N2O2. The van der Waals surface area contributed by atoms with Gasteiger partial charge >= 0.3 is 6.21 Å². The third-order valence-electron chi connectivity index (χ3n) is 2.64. The summed E-state index contributed by atoms with van der Waals surface area (Å²) >= 11 is 0. The summed E-state index contributed by atoms with van der Waals surface area (Å²) < 4.78 is 0. The van der Waals surface area contributed by atoms with E-state index in [0.29, 0.717) is 16.7 Å². The molecule has 0 heterocycles. The monoisotopic (exact) mass is 250 g/mol. The quantitative estimate of drug-likeness (QED) is 0.362. The van der Waals surface area contributed by atoms with Crippen molar-refractivity contribution in [3.05, 3.63) is 76.8 Å². The Kier molecular flexibility index (Phi) is 3.76. The molecule has 2 aromatic rings. The van der Waals surface area contributed by atoms with Gasteiger partial charge in [-0.3, -0.25) is 9.59 Å². The van der Waals surface area contributed by atoms with Crippen molar-refractivity contribution in [3.63, 3.8) is 0 Å². The average molecular weight is 250 g/mol. The van der Waals surface area contributed by atoms with Gasteiger partial charge in [0, 0.05) is 16.7 Å². The van der Waals surface area contributed by atoms with E-state index in [4.69, 9.17) is 5.53 Å². The predicted molar refractivity (Wildman–Crippen MR) is 70.3 cm³/mol. The minimum atomic E-state index is -0.416. The fourth-order valence-corrected chi connectivity index (χ4v) is 1.67. The van der Waals surface area contributed by atoms with Gasteiger partial charge < -0.3 is 5.53 Å². The maximum Gasteiger partial charge on any atom is 0.328 e. The number of nitrogens with zero attached hydrogens (tertiary/aromatic N) is 2. The highest BCUT2D eigenvalue weighted by Crippen LogP contribution is 2.11. The highest BCUT2D eigenvalue weighted by atomic mass is 16.1. The van der Waals surface area contributed by atoms with Crippen molar-refractivity contribution < 1.29 is 14.4 Å². The van der Waals surface area contributed by atoms with Crippen LogP contribution < -0.4 is 0 Å². The Bertz CT molecular complexity index is 654. The fraction of sp³-hybridized carbons (Fsp3) is 0. The second-order valence-corrected chi connectivity index (χ2v) is 3.88. The summed E-state index contributed by atoms with van der Waals surface area (Å²) in [6.45, 7) is 0. The smallest absolute Gasteiger partial charge is 0.328 e. The summed E-state index contributed by atoms with van der Waals surface area (Å²) in [5.41, 5.74) is 9.75. The molecule has 0 unspecified atom stereocenters. The van der Waals surface area contributed by atoms with Crippen molar-refractivity contribution in [2.45, 2.75) is 0 Å². The van der Waals surface area contributed by atoms with Crippen molar-refractivity contribution in [2.24, 2.45) is 0 Å². The number of carbonyl (C=O) groups excluding carboxylic acids is 2. The largest absolute Gasteiger partial charge is 0.361 e. The number of hydrogen-bond donors (Lipinski definition) is 0. The highest BCUT2D eigenvalue weighted by Gasteiger charge is 2.11. The van der Waals surface area contributed by atoms with E-state index in [1.807, 2.05) is 6.07 Å². The molecule has 0 spiro atoms. The van der Waals surface area contributed by atoms with Gasteiger partial charge in [0.05, 0.1) is 0 Å². The van der Waals surface area contributed by atoms with Crippen LogP contribution in [-0.4, -0.2) is 22.6 Å². The molecule has 19 heavy (non-hydrogen) atoms. The maximum atomic E-state index is 12.1. The van der Waals surface area contributed by atoms with Gasteiger partial charge in [0.2, 0.25) is 0 Å². The Morgan fingerprint density at radius 2 is 1.37 bits per heavy atom. The molecular weight excluding hydrogens is 240 g/mol. The zero-order valence-electron chi connectivity index (χ0n) is 9.98.